The van der Waals surface area contributed by atoms with Gasteiger partial charge in [-0.3, -0.25) is 4.79 Å². The first kappa shape index (κ1) is 27.2. The van der Waals surface area contributed by atoms with Crippen molar-refractivity contribution in [2.75, 3.05) is 32.0 Å². The van der Waals surface area contributed by atoms with Crippen molar-refractivity contribution < 1.29 is 35.5 Å². The smallest absolute Gasteiger partial charge is 0.364 e. The molecule has 15 heteroatoms. The summed E-state index contributed by atoms with van der Waals surface area (Å²) < 4.78 is 93.4. The number of nitrogens with zero attached hydrogens (tertiary/aromatic N) is 5. The molecule has 2 N–H and O–H groups in total. The molecule has 1 fully saturated rings. The molecular weight excluding hydrogens is 523 g/mol. The van der Waals surface area contributed by atoms with Crippen LogP contribution in [0.3, 0.4) is 0 Å². The van der Waals surface area contributed by atoms with Crippen molar-refractivity contribution in [2.45, 2.75) is 37.5 Å². The standard InChI is InChI=1S/C23H22F7N7O/c1-35-9-7-18(16(24)13-35)33-20-6-2-5-19-15(10-22(25,26)27)17(34-37(19)20)4-3-8-31-21(38)14-11-32-36(12-14)23(28,29)30/h2,5-6,11-12,16,18,33H,7-10,13H2,1H3,(H,31,38)/t16-,18+/m0/s1. The Kier molecular flexibility index (Phi) is 7.54. The van der Waals surface area contributed by atoms with E-state index in [-0.39, 0.29) is 40.1 Å². The maximum atomic E-state index is 14.5. The molecule has 3 aromatic heterocycles. The number of anilines is 1. The number of pyridine rings is 1. The first-order valence-electron chi connectivity index (χ1n) is 11.4. The minimum absolute atomic E-state index is 0.128. The predicted octanol–water partition coefficient (Wildman–Crippen LogP) is 3.35. The average Bonchev–Trinajstić information content (AvgIpc) is 3.44. The predicted molar refractivity (Wildman–Crippen MR) is 122 cm³/mol. The molecule has 1 aliphatic heterocycles. The van der Waals surface area contributed by atoms with E-state index in [9.17, 15) is 35.5 Å². The molecule has 0 radical (unpaired) electrons. The van der Waals surface area contributed by atoms with Crippen LogP contribution in [0.4, 0.5) is 36.6 Å². The normalized spacial score (nSPS) is 18.7. The van der Waals surface area contributed by atoms with Gasteiger partial charge >= 0.3 is 12.5 Å². The van der Waals surface area contributed by atoms with Gasteiger partial charge in [0.2, 0.25) is 0 Å². The Hall–Kier alpha value is -3.80. The topological polar surface area (TPSA) is 79.5 Å². The molecule has 1 saturated heterocycles. The van der Waals surface area contributed by atoms with Crippen molar-refractivity contribution in [1.29, 1.82) is 0 Å². The number of aromatic nitrogens is 4. The van der Waals surface area contributed by atoms with E-state index in [1.807, 2.05) is 4.90 Å². The summed E-state index contributed by atoms with van der Waals surface area (Å²) >= 11 is 0. The molecule has 1 aliphatic rings. The highest BCUT2D eigenvalue weighted by Gasteiger charge is 2.33. The van der Waals surface area contributed by atoms with Crippen LogP contribution in [0.2, 0.25) is 0 Å². The molecule has 0 spiro atoms. The number of carbonyl (C=O) groups is 1. The summed E-state index contributed by atoms with van der Waals surface area (Å²) in [5.41, 5.74) is -0.642. The van der Waals surface area contributed by atoms with Crippen molar-refractivity contribution >= 4 is 17.2 Å². The second-order valence-electron chi connectivity index (χ2n) is 8.77. The summed E-state index contributed by atoms with van der Waals surface area (Å²) in [5, 5.41) is 12.6. The van der Waals surface area contributed by atoms with Crippen LogP contribution in [0, 0.1) is 11.8 Å². The lowest BCUT2D eigenvalue weighted by Crippen LogP contribution is -2.46. The number of hydrogen-bond donors (Lipinski definition) is 2. The van der Waals surface area contributed by atoms with Crippen molar-refractivity contribution in [1.82, 2.24) is 29.6 Å². The number of amides is 1. The van der Waals surface area contributed by atoms with E-state index in [0.717, 1.165) is 6.20 Å². The van der Waals surface area contributed by atoms with Crippen molar-refractivity contribution in [2.24, 2.45) is 0 Å². The van der Waals surface area contributed by atoms with E-state index < -0.39 is 37.0 Å². The zero-order valence-electron chi connectivity index (χ0n) is 19.9. The van der Waals surface area contributed by atoms with Gasteiger partial charge in [0, 0.05) is 24.8 Å². The molecular formula is C23H22F7N7O. The van der Waals surface area contributed by atoms with E-state index in [4.69, 9.17) is 0 Å². The number of likely N-dealkylation sites (tertiary alicyclic amines) is 1. The van der Waals surface area contributed by atoms with Crippen LogP contribution in [-0.4, -0.2) is 75.3 Å². The van der Waals surface area contributed by atoms with Gasteiger partial charge in [0.05, 0.1) is 36.3 Å². The Labute approximate surface area is 211 Å². The third-order valence-electron chi connectivity index (χ3n) is 5.86. The molecule has 3 aromatic rings. The molecule has 204 valence electrons. The van der Waals surface area contributed by atoms with E-state index in [1.54, 1.807) is 13.1 Å². The van der Waals surface area contributed by atoms with Crippen LogP contribution in [-0.2, 0) is 12.7 Å². The fourth-order valence-corrected chi connectivity index (χ4v) is 4.05. The maximum Gasteiger partial charge on any atom is 0.504 e. The molecule has 2 atom stereocenters. The molecule has 0 saturated carbocycles. The van der Waals surface area contributed by atoms with Crippen molar-refractivity contribution in [3.8, 4) is 11.8 Å². The molecule has 4 rings (SSSR count). The van der Waals surface area contributed by atoms with E-state index in [0.29, 0.717) is 25.0 Å². The van der Waals surface area contributed by atoms with Crippen LogP contribution in [0.25, 0.3) is 5.52 Å². The number of halogens is 7. The van der Waals surface area contributed by atoms with Crippen LogP contribution < -0.4 is 10.6 Å². The molecule has 0 bridgehead atoms. The number of fused-ring (bicyclic) bond motifs is 1. The van der Waals surface area contributed by atoms with Gasteiger partial charge in [-0.1, -0.05) is 12.0 Å². The monoisotopic (exact) mass is 545 g/mol. The second kappa shape index (κ2) is 10.5. The molecule has 0 unspecified atom stereocenters. The minimum Gasteiger partial charge on any atom is -0.364 e. The van der Waals surface area contributed by atoms with Gasteiger partial charge in [-0.25, -0.2) is 8.91 Å². The highest BCUT2D eigenvalue weighted by Crippen LogP contribution is 2.29. The molecule has 38 heavy (non-hydrogen) atoms. The van der Waals surface area contributed by atoms with Gasteiger partial charge in [-0.05, 0) is 31.5 Å². The number of carbonyl (C=O) groups excluding carboxylic acids is 1. The highest BCUT2D eigenvalue weighted by molar-refractivity contribution is 5.93. The van der Waals surface area contributed by atoms with Crippen molar-refractivity contribution in [3.63, 3.8) is 0 Å². The molecule has 8 nitrogen and oxygen atoms in total. The first-order valence-corrected chi connectivity index (χ1v) is 11.4. The summed E-state index contributed by atoms with van der Waals surface area (Å²) in [7, 11) is 1.79. The Balaban J connectivity index is 1.55. The van der Waals surface area contributed by atoms with Gasteiger partial charge in [0.1, 0.15) is 17.7 Å². The zero-order chi connectivity index (χ0) is 27.7. The van der Waals surface area contributed by atoms with Crippen molar-refractivity contribution in [3.05, 3.63) is 47.4 Å². The number of hydrogen-bond acceptors (Lipinski definition) is 5. The average molecular weight is 545 g/mol. The van der Waals surface area contributed by atoms with Gasteiger partial charge in [0.15, 0.2) is 0 Å². The van der Waals surface area contributed by atoms with E-state index in [1.165, 1.54) is 16.6 Å². The number of piperidine rings is 1. The number of alkyl halides is 7. The lowest BCUT2D eigenvalue weighted by Gasteiger charge is -2.33. The summed E-state index contributed by atoms with van der Waals surface area (Å²) in [5.74, 6) is 4.38. The SMILES string of the molecule is CN1CC[C@@H](Nc2cccc3c(CC(F)(F)F)c(C#CCNC(=O)c4cnn(C(F)(F)F)c4)nn23)[C@@H](F)C1. The number of rotatable bonds is 5. The molecule has 0 aliphatic carbocycles. The minimum atomic E-state index is -4.79. The van der Waals surface area contributed by atoms with Gasteiger partial charge < -0.3 is 15.5 Å². The van der Waals surface area contributed by atoms with Crippen LogP contribution >= 0.6 is 0 Å². The fourth-order valence-electron chi connectivity index (χ4n) is 4.05. The molecule has 4 heterocycles. The summed E-state index contributed by atoms with van der Waals surface area (Å²) in [6.45, 7) is 0.483. The van der Waals surface area contributed by atoms with Crippen LogP contribution in [0.5, 0.6) is 0 Å². The van der Waals surface area contributed by atoms with Gasteiger partial charge in [0.25, 0.3) is 5.91 Å². The molecule has 1 amide bonds. The van der Waals surface area contributed by atoms with Crippen LogP contribution in [0.1, 0.15) is 28.0 Å². The Morgan fingerprint density at radius 3 is 2.63 bits per heavy atom. The third kappa shape index (κ3) is 6.36. The lowest BCUT2D eigenvalue weighted by atomic mass is 10.0. The largest absolute Gasteiger partial charge is 0.504 e. The summed E-state index contributed by atoms with van der Waals surface area (Å²) in [6, 6.07) is 3.98. The van der Waals surface area contributed by atoms with Gasteiger partial charge in [-0.15, -0.1) is 13.2 Å². The summed E-state index contributed by atoms with van der Waals surface area (Å²) in [6.07, 6.45) is -10.2. The third-order valence-corrected chi connectivity index (χ3v) is 5.86. The zero-order valence-corrected chi connectivity index (χ0v) is 19.9. The highest BCUT2D eigenvalue weighted by atomic mass is 19.4. The lowest BCUT2D eigenvalue weighted by molar-refractivity contribution is -0.212. The van der Waals surface area contributed by atoms with Crippen LogP contribution in [0.15, 0.2) is 30.6 Å². The Morgan fingerprint density at radius 2 is 1.97 bits per heavy atom. The number of nitrogens with one attached hydrogen (secondary N) is 2. The van der Waals surface area contributed by atoms with E-state index >= 15 is 0 Å². The quantitative estimate of drug-likeness (QED) is 0.380. The first-order chi connectivity index (χ1) is 17.8. The Morgan fingerprint density at radius 1 is 1.21 bits per heavy atom. The fraction of sp³-hybridized carbons (Fsp3) is 0.435. The molecule has 0 aromatic carbocycles. The maximum absolute atomic E-state index is 14.5. The van der Waals surface area contributed by atoms with Gasteiger partial charge in [-0.2, -0.15) is 28.1 Å². The van der Waals surface area contributed by atoms with E-state index in [2.05, 4.69) is 32.7 Å². The second-order valence-corrected chi connectivity index (χ2v) is 8.77. The summed E-state index contributed by atoms with van der Waals surface area (Å²) in [4.78, 5) is 13.9. The Bertz CT molecular complexity index is 1370.